The van der Waals surface area contributed by atoms with Gasteiger partial charge in [0.2, 0.25) is 5.91 Å². The minimum Gasteiger partial charge on any atom is -0.492 e. The third-order valence-corrected chi connectivity index (χ3v) is 3.39. The molecule has 2 N–H and O–H groups in total. The van der Waals surface area contributed by atoms with Gasteiger partial charge < -0.3 is 20.1 Å². The van der Waals surface area contributed by atoms with Crippen LogP contribution in [0.25, 0.3) is 0 Å². The second-order valence-electron chi connectivity index (χ2n) is 4.58. The molecule has 0 unspecified atom stereocenters. The van der Waals surface area contributed by atoms with E-state index in [1.807, 2.05) is 13.8 Å². The average molecular weight is 299 g/mol. The van der Waals surface area contributed by atoms with E-state index in [2.05, 4.69) is 10.6 Å². The zero-order valence-electron chi connectivity index (χ0n) is 11.6. The molecule has 1 saturated heterocycles. The third-order valence-electron chi connectivity index (χ3n) is 3.10. The van der Waals surface area contributed by atoms with Crippen molar-refractivity contribution in [1.82, 2.24) is 5.32 Å². The van der Waals surface area contributed by atoms with Crippen molar-refractivity contribution in [1.29, 1.82) is 0 Å². The summed E-state index contributed by atoms with van der Waals surface area (Å²) in [5, 5.41) is 6.45. The number of benzene rings is 1. The van der Waals surface area contributed by atoms with Crippen LogP contribution in [0.15, 0.2) is 18.2 Å². The molecule has 5 nitrogen and oxygen atoms in total. The Labute approximate surface area is 123 Å². The van der Waals surface area contributed by atoms with Gasteiger partial charge in [-0.15, -0.1) is 0 Å². The first kappa shape index (κ1) is 15.1. The summed E-state index contributed by atoms with van der Waals surface area (Å²) in [6.07, 6.45) is -0.151. The normalized spacial score (nSPS) is 22.4. The van der Waals surface area contributed by atoms with E-state index in [1.54, 1.807) is 18.2 Å². The van der Waals surface area contributed by atoms with Crippen molar-refractivity contribution in [2.45, 2.75) is 26.0 Å². The molecule has 1 aromatic carbocycles. The van der Waals surface area contributed by atoms with Crippen molar-refractivity contribution < 1.29 is 14.3 Å². The molecule has 1 amide bonds. The third kappa shape index (κ3) is 3.62. The molecule has 0 bridgehead atoms. The Morgan fingerprint density at radius 2 is 2.40 bits per heavy atom. The molecule has 0 spiro atoms. The van der Waals surface area contributed by atoms with E-state index < -0.39 is 0 Å². The van der Waals surface area contributed by atoms with Crippen LogP contribution < -0.4 is 15.4 Å². The lowest BCUT2D eigenvalue weighted by atomic mass is 10.1. The van der Waals surface area contributed by atoms with E-state index in [0.29, 0.717) is 36.2 Å². The summed E-state index contributed by atoms with van der Waals surface area (Å²) in [7, 11) is 0. The van der Waals surface area contributed by atoms with E-state index in [9.17, 15) is 4.79 Å². The molecule has 0 saturated carbocycles. The van der Waals surface area contributed by atoms with Gasteiger partial charge in [-0.1, -0.05) is 11.6 Å². The largest absolute Gasteiger partial charge is 0.492 e. The Morgan fingerprint density at radius 3 is 3.05 bits per heavy atom. The lowest BCUT2D eigenvalue weighted by molar-refractivity contribution is -0.123. The van der Waals surface area contributed by atoms with Crippen LogP contribution in [0.2, 0.25) is 5.02 Å². The zero-order chi connectivity index (χ0) is 14.5. The van der Waals surface area contributed by atoms with Gasteiger partial charge in [-0.2, -0.15) is 0 Å². The van der Waals surface area contributed by atoms with Gasteiger partial charge in [0.05, 0.1) is 24.3 Å². The molecule has 1 fully saturated rings. The SMILES string of the molecule is CCOc1ccc(NC(=O)[C@H]2NCCO[C@@H]2C)cc1Cl. The van der Waals surface area contributed by atoms with Crippen molar-refractivity contribution >= 4 is 23.2 Å². The molecular formula is C14H19ClN2O3. The highest BCUT2D eigenvalue weighted by atomic mass is 35.5. The summed E-state index contributed by atoms with van der Waals surface area (Å²) >= 11 is 6.09. The van der Waals surface area contributed by atoms with Crippen LogP contribution >= 0.6 is 11.6 Å². The van der Waals surface area contributed by atoms with Crippen molar-refractivity contribution in [3.05, 3.63) is 23.2 Å². The molecule has 1 aliphatic heterocycles. The van der Waals surface area contributed by atoms with Crippen LogP contribution in [0, 0.1) is 0 Å². The fourth-order valence-electron chi connectivity index (χ4n) is 2.10. The number of carbonyl (C=O) groups excluding carboxylic acids is 1. The second kappa shape index (κ2) is 6.92. The van der Waals surface area contributed by atoms with Gasteiger partial charge in [0.25, 0.3) is 0 Å². The van der Waals surface area contributed by atoms with Gasteiger partial charge in [-0.05, 0) is 32.0 Å². The molecule has 0 aliphatic carbocycles. The van der Waals surface area contributed by atoms with Gasteiger partial charge in [0.15, 0.2) is 0 Å². The predicted octanol–water partition coefficient (Wildman–Crippen LogP) is 2.05. The second-order valence-corrected chi connectivity index (χ2v) is 4.98. The fourth-order valence-corrected chi connectivity index (χ4v) is 2.33. The lowest BCUT2D eigenvalue weighted by Gasteiger charge is -2.29. The molecule has 1 aliphatic rings. The number of amides is 1. The van der Waals surface area contributed by atoms with Gasteiger partial charge in [0, 0.05) is 12.2 Å². The number of nitrogens with one attached hydrogen (secondary N) is 2. The smallest absolute Gasteiger partial charge is 0.244 e. The van der Waals surface area contributed by atoms with Crippen molar-refractivity contribution in [3.8, 4) is 5.75 Å². The van der Waals surface area contributed by atoms with Crippen molar-refractivity contribution in [2.24, 2.45) is 0 Å². The Bertz CT molecular complexity index is 481. The number of rotatable bonds is 4. The molecule has 1 aromatic rings. The van der Waals surface area contributed by atoms with Crippen LogP contribution in [0.3, 0.4) is 0 Å². The van der Waals surface area contributed by atoms with Crippen LogP contribution in [0.1, 0.15) is 13.8 Å². The first-order valence-corrected chi connectivity index (χ1v) is 7.07. The molecule has 1 heterocycles. The monoisotopic (exact) mass is 298 g/mol. The number of hydrogen-bond acceptors (Lipinski definition) is 4. The van der Waals surface area contributed by atoms with Gasteiger partial charge in [-0.25, -0.2) is 0 Å². The fraction of sp³-hybridized carbons (Fsp3) is 0.500. The maximum atomic E-state index is 12.2. The Morgan fingerprint density at radius 1 is 1.60 bits per heavy atom. The van der Waals surface area contributed by atoms with Crippen molar-refractivity contribution in [2.75, 3.05) is 25.1 Å². The number of hydrogen-bond donors (Lipinski definition) is 2. The molecule has 0 aromatic heterocycles. The Hall–Kier alpha value is -1.30. The summed E-state index contributed by atoms with van der Waals surface area (Å²) in [6, 6.07) is 4.84. The highest BCUT2D eigenvalue weighted by molar-refractivity contribution is 6.32. The van der Waals surface area contributed by atoms with E-state index in [0.717, 1.165) is 0 Å². The van der Waals surface area contributed by atoms with Gasteiger partial charge in [0.1, 0.15) is 11.8 Å². The molecule has 20 heavy (non-hydrogen) atoms. The van der Waals surface area contributed by atoms with Gasteiger partial charge >= 0.3 is 0 Å². The van der Waals surface area contributed by atoms with E-state index in [1.165, 1.54) is 0 Å². The Kier molecular flexibility index (Phi) is 5.23. The molecular weight excluding hydrogens is 280 g/mol. The van der Waals surface area contributed by atoms with Crippen LogP contribution in [-0.2, 0) is 9.53 Å². The van der Waals surface area contributed by atoms with Crippen molar-refractivity contribution in [3.63, 3.8) is 0 Å². The zero-order valence-corrected chi connectivity index (χ0v) is 12.4. The highest BCUT2D eigenvalue weighted by Crippen LogP contribution is 2.27. The summed E-state index contributed by atoms with van der Waals surface area (Å²) in [5.41, 5.74) is 0.642. The minimum absolute atomic E-state index is 0.127. The van der Waals surface area contributed by atoms with Crippen LogP contribution in [-0.4, -0.2) is 37.8 Å². The molecule has 2 rings (SSSR count). The summed E-state index contributed by atoms with van der Waals surface area (Å²) < 4.78 is 10.8. The summed E-state index contributed by atoms with van der Waals surface area (Å²) in [4.78, 5) is 12.2. The van der Waals surface area contributed by atoms with Gasteiger partial charge in [-0.3, -0.25) is 4.79 Å². The van der Waals surface area contributed by atoms with Crippen LogP contribution in [0.4, 0.5) is 5.69 Å². The number of ether oxygens (including phenoxy) is 2. The minimum atomic E-state index is -0.353. The summed E-state index contributed by atoms with van der Waals surface area (Å²) in [6.45, 7) is 5.61. The topological polar surface area (TPSA) is 59.6 Å². The molecule has 0 radical (unpaired) electrons. The number of morpholine rings is 1. The maximum absolute atomic E-state index is 12.2. The van der Waals surface area contributed by atoms with Crippen LogP contribution in [0.5, 0.6) is 5.75 Å². The molecule has 6 heteroatoms. The molecule has 110 valence electrons. The number of halogens is 1. The standard InChI is InChI=1S/C14H19ClN2O3/c1-3-19-12-5-4-10(8-11(12)15)17-14(18)13-9(2)20-7-6-16-13/h4-5,8-9,13,16H,3,6-7H2,1-2H3,(H,17,18)/t9-,13+/m1/s1. The number of carbonyl (C=O) groups is 1. The summed E-state index contributed by atoms with van der Waals surface area (Å²) in [5.74, 6) is 0.483. The Balaban J connectivity index is 2.02. The molecule has 2 atom stereocenters. The first-order valence-electron chi connectivity index (χ1n) is 6.70. The lowest BCUT2D eigenvalue weighted by Crippen LogP contribution is -2.53. The predicted molar refractivity (Wildman–Crippen MR) is 78.5 cm³/mol. The average Bonchev–Trinajstić information content (AvgIpc) is 2.42. The maximum Gasteiger partial charge on any atom is 0.244 e. The van der Waals surface area contributed by atoms with E-state index in [4.69, 9.17) is 21.1 Å². The highest BCUT2D eigenvalue weighted by Gasteiger charge is 2.28. The number of anilines is 1. The first-order chi connectivity index (χ1) is 9.61. The quantitative estimate of drug-likeness (QED) is 0.893. The van der Waals surface area contributed by atoms with E-state index >= 15 is 0 Å². The van der Waals surface area contributed by atoms with E-state index in [-0.39, 0.29) is 18.1 Å².